The van der Waals surface area contributed by atoms with Gasteiger partial charge in [-0.2, -0.15) is 0 Å². The monoisotopic (exact) mass is 286 g/mol. The maximum atomic E-state index is 10.2. The molecule has 90 valence electrons. The first-order valence-electron chi connectivity index (χ1n) is 5.46. The maximum Gasteiger partial charge on any atom is 0.120 e. The van der Waals surface area contributed by atoms with Gasteiger partial charge in [0.2, 0.25) is 0 Å². The van der Waals surface area contributed by atoms with Crippen LogP contribution in [0.3, 0.4) is 0 Å². The van der Waals surface area contributed by atoms with E-state index in [0.29, 0.717) is 6.61 Å². The molecule has 0 aliphatic heterocycles. The number of hydrogen-bond acceptors (Lipinski definition) is 2. The molecule has 0 fully saturated rings. The Bertz CT molecular complexity index is 355. The van der Waals surface area contributed by atoms with Crippen molar-refractivity contribution in [2.75, 3.05) is 6.61 Å². The second kappa shape index (κ2) is 5.19. The fraction of sp³-hybridized carbons (Fsp3) is 0.538. The molecule has 1 aromatic carbocycles. The molecule has 0 aromatic heterocycles. The van der Waals surface area contributed by atoms with Gasteiger partial charge in [0.05, 0.1) is 12.7 Å². The number of halogens is 1. The third kappa shape index (κ3) is 3.22. The van der Waals surface area contributed by atoms with E-state index in [1.807, 2.05) is 45.9 Å². The van der Waals surface area contributed by atoms with E-state index in [4.69, 9.17) is 4.74 Å². The lowest BCUT2D eigenvalue weighted by Gasteiger charge is -2.27. The first-order chi connectivity index (χ1) is 7.36. The standard InChI is InChI=1S/C13H19BrO2/c1-5-16-9-6-7-10(11(14)8-9)12(15)13(2,3)4/h6-8,12,15H,5H2,1-4H3. The van der Waals surface area contributed by atoms with E-state index in [-0.39, 0.29) is 5.41 Å². The van der Waals surface area contributed by atoms with Gasteiger partial charge in [-0.05, 0) is 30.0 Å². The van der Waals surface area contributed by atoms with Gasteiger partial charge in [-0.15, -0.1) is 0 Å². The van der Waals surface area contributed by atoms with Gasteiger partial charge in [0.15, 0.2) is 0 Å². The van der Waals surface area contributed by atoms with Crippen molar-refractivity contribution in [3.8, 4) is 5.75 Å². The minimum atomic E-state index is -0.488. The Morgan fingerprint density at radius 1 is 1.38 bits per heavy atom. The molecule has 0 saturated heterocycles. The zero-order chi connectivity index (χ0) is 12.3. The lowest BCUT2D eigenvalue weighted by molar-refractivity contribution is 0.0620. The fourth-order valence-electron chi connectivity index (χ4n) is 1.45. The van der Waals surface area contributed by atoms with Gasteiger partial charge in [0.1, 0.15) is 5.75 Å². The van der Waals surface area contributed by atoms with Crippen molar-refractivity contribution in [1.29, 1.82) is 0 Å². The summed E-state index contributed by atoms with van der Waals surface area (Å²) in [5.74, 6) is 0.819. The van der Waals surface area contributed by atoms with E-state index >= 15 is 0 Å². The normalized spacial score (nSPS) is 13.6. The highest BCUT2D eigenvalue weighted by Crippen LogP contribution is 2.37. The van der Waals surface area contributed by atoms with E-state index in [2.05, 4.69) is 15.9 Å². The molecular weight excluding hydrogens is 268 g/mol. The molecule has 0 spiro atoms. The van der Waals surface area contributed by atoms with Crippen LogP contribution in [-0.2, 0) is 0 Å². The Morgan fingerprint density at radius 2 is 2.00 bits per heavy atom. The topological polar surface area (TPSA) is 29.5 Å². The van der Waals surface area contributed by atoms with E-state index < -0.39 is 6.10 Å². The molecule has 0 bridgehead atoms. The predicted octanol–water partition coefficient (Wildman–Crippen LogP) is 3.93. The summed E-state index contributed by atoms with van der Waals surface area (Å²) in [6, 6.07) is 5.69. The number of ether oxygens (including phenoxy) is 1. The number of aliphatic hydroxyl groups is 1. The molecule has 0 aliphatic rings. The molecule has 0 heterocycles. The molecular formula is C13H19BrO2. The smallest absolute Gasteiger partial charge is 0.120 e. The first kappa shape index (κ1) is 13.5. The molecule has 3 heteroatoms. The number of hydrogen-bond donors (Lipinski definition) is 1. The molecule has 1 rings (SSSR count). The first-order valence-corrected chi connectivity index (χ1v) is 6.26. The molecule has 2 nitrogen and oxygen atoms in total. The van der Waals surface area contributed by atoms with E-state index in [1.54, 1.807) is 0 Å². The lowest BCUT2D eigenvalue weighted by Crippen LogP contribution is -2.18. The highest BCUT2D eigenvalue weighted by Gasteiger charge is 2.25. The van der Waals surface area contributed by atoms with Crippen LogP contribution in [0.25, 0.3) is 0 Å². The van der Waals surface area contributed by atoms with Crippen LogP contribution in [0.2, 0.25) is 0 Å². The molecule has 0 radical (unpaired) electrons. The summed E-state index contributed by atoms with van der Waals surface area (Å²) in [7, 11) is 0. The van der Waals surface area contributed by atoms with Gasteiger partial charge >= 0.3 is 0 Å². The summed E-state index contributed by atoms with van der Waals surface area (Å²) < 4.78 is 6.29. The summed E-state index contributed by atoms with van der Waals surface area (Å²) in [4.78, 5) is 0. The summed E-state index contributed by atoms with van der Waals surface area (Å²) in [6.07, 6.45) is -0.488. The van der Waals surface area contributed by atoms with Crippen LogP contribution in [0, 0.1) is 5.41 Å². The second-order valence-electron chi connectivity index (χ2n) is 4.88. The second-order valence-corrected chi connectivity index (χ2v) is 5.74. The quantitative estimate of drug-likeness (QED) is 0.912. The van der Waals surface area contributed by atoms with Crippen molar-refractivity contribution >= 4 is 15.9 Å². The van der Waals surface area contributed by atoms with E-state index in [1.165, 1.54) is 0 Å². The van der Waals surface area contributed by atoms with Crippen LogP contribution >= 0.6 is 15.9 Å². The van der Waals surface area contributed by atoms with Crippen LogP contribution in [0.15, 0.2) is 22.7 Å². The largest absolute Gasteiger partial charge is 0.494 e. The zero-order valence-corrected chi connectivity index (χ0v) is 11.8. The molecule has 1 aromatic rings. The van der Waals surface area contributed by atoms with Crippen molar-refractivity contribution in [3.63, 3.8) is 0 Å². The van der Waals surface area contributed by atoms with Gasteiger partial charge in [0.25, 0.3) is 0 Å². The Kier molecular flexibility index (Phi) is 4.39. The SMILES string of the molecule is CCOc1ccc(C(O)C(C)(C)C)c(Br)c1. The number of aliphatic hydroxyl groups excluding tert-OH is 1. The van der Waals surface area contributed by atoms with Crippen LogP contribution in [0.1, 0.15) is 39.4 Å². The Morgan fingerprint density at radius 3 is 2.44 bits per heavy atom. The average molecular weight is 287 g/mol. The van der Waals surface area contributed by atoms with Crippen molar-refractivity contribution in [1.82, 2.24) is 0 Å². The summed E-state index contributed by atoms with van der Waals surface area (Å²) in [6.45, 7) is 8.64. The van der Waals surface area contributed by atoms with Crippen LogP contribution in [-0.4, -0.2) is 11.7 Å². The summed E-state index contributed by atoms with van der Waals surface area (Å²) in [5, 5.41) is 10.2. The Balaban J connectivity index is 2.99. The summed E-state index contributed by atoms with van der Waals surface area (Å²) in [5.41, 5.74) is 0.728. The van der Waals surface area contributed by atoms with Crippen molar-refractivity contribution in [2.24, 2.45) is 5.41 Å². The third-order valence-corrected chi connectivity index (χ3v) is 3.08. The predicted molar refractivity (Wildman–Crippen MR) is 69.7 cm³/mol. The van der Waals surface area contributed by atoms with Crippen molar-refractivity contribution in [3.05, 3.63) is 28.2 Å². The molecule has 0 aliphatic carbocycles. The lowest BCUT2D eigenvalue weighted by atomic mass is 9.85. The van der Waals surface area contributed by atoms with Crippen molar-refractivity contribution < 1.29 is 9.84 Å². The van der Waals surface area contributed by atoms with Gasteiger partial charge in [0, 0.05) is 4.47 Å². The molecule has 0 amide bonds. The van der Waals surface area contributed by atoms with Crippen molar-refractivity contribution in [2.45, 2.75) is 33.8 Å². The molecule has 0 saturated carbocycles. The number of benzene rings is 1. The van der Waals surface area contributed by atoms with Gasteiger partial charge in [-0.25, -0.2) is 0 Å². The van der Waals surface area contributed by atoms with Crippen LogP contribution in [0.4, 0.5) is 0 Å². The Hall–Kier alpha value is -0.540. The van der Waals surface area contributed by atoms with E-state index in [9.17, 15) is 5.11 Å². The van der Waals surface area contributed by atoms with Gasteiger partial charge in [-0.1, -0.05) is 42.8 Å². The average Bonchev–Trinajstić information content (AvgIpc) is 2.16. The van der Waals surface area contributed by atoms with Gasteiger partial charge in [-0.3, -0.25) is 0 Å². The van der Waals surface area contributed by atoms with Gasteiger partial charge < -0.3 is 9.84 Å². The minimum Gasteiger partial charge on any atom is -0.494 e. The van der Waals surface area contributed by atoms with E-state index in [0.717, 1.165) is 15.8 Å². The number of rotatable bonds is 3. The maximum absolute atomic E-state index is 10.2. The minimum absolute atomic E-state index is 0.171. The Labute approximate surface area is 106 Å². The molecule has 1 N–H and O–H groups in total. The summed E-state index contributed by atoms with van der Waals surface area (Å²) >= 11 is 3.47. The third-order valence-electron chi connectivity index (χ3n) is 2.40. The molecule has 16 heavy (non-hydrogen) atoms. The molecule has 1 unspecified atom stereocenters. The highest BCUT2D eigenvalue weighted by atomic mass is 79.9. The fourth-order valence-corrected chi connectivity index (χ4v) is 2.03. The highest BCUT2D eigenvalue weighted by molar-refractivity contribution is 9.10. The molecule has 1 atom stereocenters. The van der Waals surface area contributed by atoms with Crippen LogP contribution < -0.4 is 4.74 Å². The zero-order valence-electron chi connectivity index (χ0n) is 10.2. The van der Waals surface area contributed by atoms with Crippen LogP contribution in [0.5, 0.6) is 5.75 Å².